The number of carboxylic acids is 1. The number of nitrogens with one attached hydrogen (secondary N) is 1. The Balaban J connectivity index is 2.06. The van der Waals surface area contributed by atoms with Crippen molar-refractivity contribution in [1.82, 2.24) is 4.72 Å². The van der Waals surface area contributed by atoms with Gasteiger partial charge >= 0.3 is 5.97 Å². The fourth-order valence-corrected chi connectivity index (χ4v) is 4.09. The molecule has 0 bridgehead atoms. The summed E-state index contributed by atoms with van der Waals surface area (Å²) in [5.74, 6) is -1.72. The summed E-state index contributed by atoms with van der Waals surface area (Å²) >= 11 is 0. The van der Waals surface area contributed by atoms with Gasteiger partial charge in [0.15, 0.2) is 0 Å². The van der Waals surface area contributed by atoms with Gasteiger partial charge in [-0.15, -0.1) is 0 Å². The van der Waals surface area contributed by atoms with Crippen LogP contribution in [0.4, 0.5) is 5.69 Å². The van der Waals surface area contributed by atoms with Crippen molar-refractivity contribution >= 4 is 43.6 Å². The van der Waals surface area contributed by atoms with E-state index < -0.39 is 32.9 Å². The van der Waals surface area contributed by atoms with Gasteiger partial charge in [-0.2, -0.15) is 4.72 Å². The molecule has 27 heavy (non-hydrogen) atoms. The van der Waals surface area contributed by atoms with E-state index in [1.54, 1.807) is 13.8 Å². The highest BCUT2D eigenvalue weighted by atomic mass is 32.2. The first kappa shape index (κ1) is 18.8. The molecule has 0 spiro atoms. The number of furan rings is 1. The van der Waals surface area contributed by atoms with Crippen LogP contribution in [0.1, 0.15) is 13.8 Å². The smallest absolute Gasteiger partial charge is 0.322 e. The first-order valence-corrected chi connectivity index (χ1v) is 9.44. The number of nitrogens with zero attached hydrogens (tertiary/aromatic N) is 1. The molecule has 3 aromatic rings. The predicted molar refractivity (Wildman–Crippen MR) is 97.0 cm³/mol. The van der Waals surface area contributed by atoms with Gasteiger partial charge in [0.1, 0.15) is 17.2 Å². The molecule has 0 aliphatic rings. The molecule has 9 nitrogen and oxygen atoms in total. The Morgan fingerprint density at radius 2 is 1.74 bits per heavy atom. The topological polar surface area (TPSA) is 140 Å². The number of nitro benzene ring substituents is 1. The summed E-state index contributed by atoms with van der Waals surface area (Å²) in [6.45, 7) is 3.19. The van der Waals surface area contributed by atoms with E-state index in [1.165, 1.54) is 36.4 Å². The molecule has 0 fully saturated rings. The summed E-state index contributed by atoms with van der Waals surface area (Å²) in [5.41, 5.74) is 0.342. The average Bonchev–Trinajstić information content (AvgIpc) is 2.95. The normalized spacial score (nSPS) is 13.3. The number of sulfonamides is 1. The van der Waals surface area contributed by atoms with Gasteiger partial charge in [-0.3, -0.25) is 14.9 Å². The second-order valence-electron chi connectivity index (χ2n) is 6.38. The highest BCUT2D eigenvalue weighted by molar-refractivity contribution is 7.89. The summed E-state index contributed by atoms with van der Waals surface area (Å²) in [6, 6.07) is 6.98. The maximum Gasteiger partial charge on any atom is 0.322 e. The van der Waals surface area contributed by atoms with Gasteiger partial charge in [0.25, 0.3) is 5.69 Å². The summed E-state index contributed by atoms with van der Waals surface area (Å²) in [6.07, 6.45) is 0. The summed E-state index contributed by atoms with van der Waals surface area (Å²) in [5, 5.41) is 21.3. The monoisotopic (exact) mass is 392 g/mol. The second-order valence-corrected chi connectivity index (χ2v) is 8.09. The predicted octanol–water partition coefficient (Wildman–Crippen LogP) is 2.88. The van der Waals surface area contributed by atoms with Crippen molar-refractivity contribution in [3.63, 3.8) is 0 Å². The minimum Gasteiger partial charge on any atom is -0.480 e. The van der Waals surface area contributed by atoms with Crippen molar-refractivity contribution in [1.29, 1.82) is 0 Å². The number of benzene rings is 2. The van der Waals surface area contributed by atoms with Crippen LogP contribution in [0.25, 0.3) is 21.9 Å². The highest BCUT2D eigenvalue weighted by Gasteiger charge is 2.28. The van der Waals surface area contributed by atoms with Crippen LogP contribution in [0.3, 0.4) is 0 Å². The summed E-state index contributed by atoms with van der Waals surface area (Å²) < 4.78 is 32.8. The quantitative estimate of drug-likeness (QED) is 0.485. The number of hydrogen-bond acceptors (Lipinski definition) is 6. The zero-order chi connectivity index (χ0) is 19.9. The van der Waals surface area contributed by atoms with Crippen molar-refractivity contribution in [2.24, 2.45) is 5.92 Å². The largest absolute Gasteiger partial charge is 0.480 e. The lowest BCUT2D eigenvalue weighted by molar-refractivity contribution is -0.384. The van der Waals surface area contributed by atoms with Crippen molar-refractivity contribution in [2.45, 2.75) is 24.8 Å². The number of fused-ring (bicyclic) bond motifs is 3. The van der Waals surface area contributed by atoms with E-state index in [0.717, 1.165) is 0 Å². The molecule has 0 aliphatic heterocycles. The molecule has 10 heteroatoms. The number of rotatable bonds is 6. The standard InChI is InChI=1S/C17H16N2O7S/c1-9(2)16(17(20)21)18-27(24,25)11-4-6-13-12-5-3-10(19(22)23)7-14(12)26-15(13)8-11/h3-9,16,18H,1-2H3,(H,20,21). The van der Waals surface area contributed by atoms with Gasteiger partial charge < -0.3 is 9.52 Å². The molecule has 1 heterocycles. The molecular weight excluding hydrogens is 376 g/mol. The first-order chi connectivity index (χ1) is 12.6. The Morgan fingerprint density at radius 1 is 1.15 bits per heavy atom. The minimum absolute atomic E-state index is 0.141. The number of non-ortho nitro benzene ring substituents is 1. The van der Waals surface area contributed by atoms with E-state index in [0.29, 0.717) is 10.8 Å². The molecule has 3 rings (SSSR count). The Labute approximate surface area is 153 Å². The lowest BCUT2D eigenvalue weighted by Crippen LogP contribution is -2.44. The Bertz CT molecular complexity index is 1160. The van der Waals surface area contributed by atoms with E-state index in [9.17, 15) is 28.4 Å². The lowest BCUT2D eigenvalue weighted by atomic mass is 10.1. The summed E-state index contributed by atoms with van der Waals surface area (Å²) in [4.78, 5) is 21.4. The van der Waals surface area contributed by atoms with Gasteiger partial charge in [0, 0.05) is 22.9 Å². The third-order valence-corrected chi connectivity index (χ3v) is 5.60. The van der Waals surface area contributed by atoms with Crippen molar-refractivity contribution in [3.8, 4) is 0 Å². The fourth-order valence-electron chi connectivity index (χ4n) is 2.73. The molecule has 1 unspecified atom stereocenters. The van der Waals surface area contributed by atoms with Crippen molar-refractivity contribution < 1.29 is 27.7 Å². The number of hydrogen-bond donors (Lipinski definition) is 2. The fraction of sp³-hybridized carbons (Fsp3) is 0.235. The molecule has 2 aromatic carbocycles. The van der Waals surface area contributed by atoms with Crippen LogP contribution in [-0.2, 0) is 14.8 Å². The number of nitro groups is 1. The maximum absolute atomic E-state index is 12.5. The number of carbonyl (C=O) groups is 1. The van der Waals surface area contributed by atoms with Gasteiger partial charge in [0.05, 0.1) is 15.9 Å². The van der Waals surface area contributed by atoms with E-state index >= 15 is 0 Å². The molecule has 2 N–H and O–H groups in total. The van der Waals surface area contributed by atoms with Crippen molar-refractivity contribution in [3.05, 3.63) is 46.5 Å². The maximum atomic E-state index is 12.5. The molecule has 142 valence electrons. The third-order valence-electron chi connectivity index (χ3n) is 4.16. The van der Waals surface area contributed by atoms with Crippen LogP contribution < -0.4 is 4.72 Å². The van der Waals surface area contributed by atoms with E-state index in [-0.39, 0.29) is 21.7 Å². The minimum atomic E-state index is -4.10. The third kappa shape index (κ3) is 3.49. The Morgan fingerprint density at radius 3 is 2.30 bits per heavy atom. The van der Waals surface area contributed by atoms with Crippen LogP contribution in [0.2, 0.25) is 0 Å². The summed E-state index contributed by atoms with van der Waals surface area (Å²) in [7, 11) is -4.10. The highest BCUT2D eigenvalue weighted by Crippen LogP contribution is 2.32. The average molecular weight is 392 g/mol. The van der Waals surface area contributed by atoms with Gasteiger partial charge in [-0.25, -0.2) is 8.42 Å². The van der Waals surface area contributed by atoms with Gasteiger partial charge in [0.2, 0.25) is 10.0 Å². The number of aliphatic carboxylic acids is 1. The molecule has 0 saturated heterocycles. The molecule has 0 amide bonds. The van der Waals surface area contributed by atoms with Gasteiger partial charge in [-0.05, 0) is 24.1 Å². The van der Waals surface area contributed by atoms with Crippen LogP contribution >= 0.6 is 0 Å². The molecule has 1 atom stereocenters. The van der Waals surface area contributed by atoms with E-state index in [1.807, 2.05) is 0 Å². The van der Waals surface area contributed by atoms with Crippen LogP contribution in [-0.4, -0.2) is 30.5 Å². The first-order valence-electron chi connectivity index (χ1n) is 7.96. The van der Waals surface area contributed by atoms with E-state index in [4.69, 9.17) is 4.42 Å². The molecule has 0 radical (unpaired) electrons. The second kappa shape index (κ2) is 6.63. The lowest BCUT2D eigenvalue weighted by Gasteiger charge is -2.17. The Hall–Kier alpha value is -2.98. The zero-order valence-electron chi connectivity index (χ0n) is 14.4. The van der Waals surface area contributed by atoms with Crippen molar-refractivity contribution in [2.75, 3.05) is 0 Å². The van der Waals surface area contributed by atoms with E-state index in [2.05, 4.69) is 4.72 Å². The Kier molecular flexibility index (Phi) is 4.62. The van der Waals surface area contributed by atoms with Crippen LogP contribution in [0, 0.1) is 16.0 Å². The molecular formula is C17H16N2O7S. The molecule has 1 aromatic heterocycles. The molecule has 0 saturated carbocycles. The van der Waals surface area contributed by atoms with Crippen LogP contribution in [0.5, 0.6) is 0 Å². The number of carboxylic acid groups (broad SMARTS) is 1. The zero-order valence-corrected chi connectivity index (χ0v) is 15.2. The van der Waals surface area contributed by atoms with Gasteiger partial charge in [-0.1, -0.05) is 13.8 Å². The SMILES string of the molecule is CC(C)C(NS(=O)(=O)c1ccc2c(c1)oc1cc([N+](=O)[O-])ccc12)C(=O)O. The van der Waals surface area contributed by atoms with Crippen LogP contribution in [0.15, 0.2) is 45.7 Å². The molecule has 0 aliphatic carbocycles.